The molecule has 1 rings (SSSR count). The number of aliphatic imine (C=N–C) groups is 1. The molecule has 3 atom stereocenters. The molecule has 1 fully saturated rings. The third kappa shape index (κ3) is 9.54. The van der Waals surface area contributed by atoms with Gasteiger partial charge in [0.15, 0.2) is 6.10 Å². The summed E-state index contributed by atoms with van der Waals surface area (Å²) in [6.07, 6.45) is 2.47. The largest absolute Gasteiger partial charge is 0.452 e. The summed E-state index contributed by atoms with van der Waals surface area (Å²) in [6.45, 7) is 14.7. The molecule has 0 aromatic heterocycles. The van der Waals surface area contributed by atoms with Gasteiger partial charge in [-0.15, -0.1) is 0 Å². The molecule has 0 aliphatic carbocycles. The van der Waals surface area contributed by atoms with E-state index in [4.69, 9.17) is 14.2 Å². The van der Waals surface area contributed by atoms with Crippen LogP contribution < -0.4 is 0 Å². The van der Waals surface area contributed by atoms with Crippen molar-refractivity contribution in [2.45, 2.75) is 78.2 Å². The van der Waals surface area contributed by atoms with Crippen LogP contribution in [0.5, 0.6) is 0 Å². The van der Waals surface area contributed by atoms with Crippen molar-refractivity contribution >= 4 is 29.7 Å². The number of likely N-dealkylation sites (tertiary alicyclic amines) is 1. The van der Waals surface area contributed by atoms with Crippen molar-refractivity contribution < 1.29 is 33.4 Å². The third-order valence-electron chi connectivity index (χ3n) is 5.43. The first kappa shape index (κ1) is 29.9. The Hall–Kier alpha value is -3.17. The quantitative estimate of drug-likeness (QED) is 0.219. The molecule has 0 bridgehead atoms. The molecule has 0 radical (unpaired) electrons. The minimum atomic E-state index is -1.15. The van der Waals surface area contributed by atoms with Crippen molar-refractivity contribution in [3.05, 3.63) is 25.4 Å². The number of nitrogens with zero attached hydrogens (tertiary/aromatic N) is 3. The molecule has 1 aliphatic heterocycles. The highest BCUT2D eigenvalue weighted by molar-refractivity contribution is 5.95. The number of hydrogen-bond donors (Lipinski definition) is 0. The number of allylic oxidation sites excluding steroid dienone is 1. The Bertz CT molecular complexity index is 809. The average molecular weight is 494 g/mol. The Labute approximate surface area is 208 Å². The maximum Gasteiger partial charge on any atom is 0.412 e. The van der Waals surface area contributed by atoms with Crippen molar-refractivity contribution in [2.24, 2.45) is 10.9 Å². The highest BCUT2D eigenvalue weighted by atomic mass is 16.7. The SMILES string of the molecule is C=CN=C(C=C)CCN(C)C(=O)OC(C)OC(=O)[C@H]1CCCN1C(=O)[C@@H](OC(=O)CCC)C(C)C. The van der Waals surface area contributed by atoms with E-state index in [1.54, 1.807) is 27.0 Å². The first-order valence-electron chi connectivity index (χ1n) is 12.0. The average Bonchev–Trinajstić information content (AvgIpc) is 3.29. The van der Waals surface area contributed by atoms with Gasteiger partial charge in [0, 0.05) is 51.8 Å². The van der Waals surface area contributed by atoms with Gasteiger partial charge in [-0.25, -0.2) is 9.59 Å². The molecule has 10 heteroatoms. The minimum Gasteiger partial charge on any atom is -0.452 e. The van der Waals surface area contributed by atoms with Gasteiger partial charge < -0.3 is 24.0 Å². The van der Waals surface area contributed by atoms with E-state index in [9.17, 15) is 19.2 Å². The maximum absolute atomic E-state index is 13.1. The molecule has 0 N–H and O–H groups in total. The molecule has 0 aromatic rings. The zero-order valence-electron chi connectivity index (χ0n) is 21.5. The normalized spacial score (nSPS) is 17.4. The van der Waals surface area contributed by atoms with Crippen molar-refractivity contribution in [1.82, 2.24) is 9.80 Å². The lowest BCUT2D eigenvalue weighted by molar-refractivity contribution is -0.176. The monoisotopic (exact) mass is 493 g/mol. The second-order valence-corrected chi connectivity index (χ2v) is 8.66. The number of hydrogen-bond acceptors (Lipinski definition) is 8. The lowest BCUT2D eigenvalue weighted by Gasteiger charge is -2.30. The summed E-state index contributed by atoms with van der Waals surface area (Å²) in [5.41, 5.74) is 0.671. The predicted octanol–water partition coefficient (Wildman–Crippen LogP) is 3.46. The van der Waals surface area contributed by atoms with Crippen molar-refractivity contribution in [3.63, 3.8) is 0 Å². The lowest BCUT2D eigenvalue weighted by atomic mass is 10.1. The van der Waals surface area contributed by atoms with E-state index < -0.39 is 42.4 Å². The van der Waals surface area contributed by atoms with Gasteiger partial charge in [0.1, 0.15) is 6.04 Å². The van der Waals surface area contributed by atoms with Crippen LogP contribution in [0.1, 0.15) is 59.8 Å². The van der Waals surface area contributed by atoms with Crippen LogP contribution in [0.4, 0.5) is 4.79 Å². The molecule has 10 nitrogen and oxygen atoms in total. The van der Waals surface area contributed by atoms with Crippen LogP contribution >= 0.6 is 0 Å². The summed E-state index contributed by atoms with van der Waals surface area (Å²) in [5, 5.41) is 0. The lowest BCUT2D eigenvalue weighted by Crippen LogP contribution is -2.49. The van der Waals surface area contributed by atoms with E-state index in [2.05, 4.69) is 18.2 Å². The van der Waals surface area contributed by atoms with Gasteiger partial charge in [0.2, 0.25) is 6.29 Å². The Morgan fingerprint density at radius 2 is 1.80 bits per heavy atom. The second-order valence-electron chi connectivity index (χ2n) is 8.66. The topological polar surface area (TPSA) is 115 Å². The molecule has 0 spiro atoms. The Morgan fingerprint density at radius 1 is 1.11 bits per heavy atom. The van der Waals surface area contributed by atoms with Crippen molar-refractivity contribution in [1.29, 1.82) is 0 Å². The fraction of sp³-hybridized carbons (Fsp3) is 0.640. The highest BCUT2D eigenvalue weighted by Crippen LogP contribution is 2.23. The molecule has 35 heavy (non-hydrogen) atoms. The third-order valence-corrected chi connectivity index (χ3v) is 5.43. The van der Waals surface area contributed by atoms with Gasteiger partial charge in [0.25, 0.3) is 5.91 Å². The van der Waals surface area contributed by atoms with Crippen LogP contribution in [0.2, 0.25) is 0 Å². The summed E-state index contributed by atoms with van der Waals surface area (Å²) in [5.74, 6) is -1.80. The van der Waals surface area contributed by atoms with Crippen LogP contribution in [-0.2, 0) is 28.6 Å². The summed E-state index contributed by atoms with van der Waals surface area (Å²) >= 11 is 0. The van der Waals surface area contributed by atoms with Crippen LogP contribution in [-0.4, -0.2) is 78.0 Å². The standard InChI is InChI=1S/C25H39N3O7/c1-8-12-21(29)35-22(17(4)5)23(30)28-15-11-13-20(28)24(31)33-18(6)34-25(32)27(7)16-14-19(9-2)26-10-3/h9-10,17-18,20,22H,2-3,8,11-16H2,1,4-7H3/t18?,20-,22+/m1/s1. The molecule has 196 valence electrons. The fourth-order valence-electron chi connectivity index (χ4n) is 3.52. The van der Waals surface area contributed by atoms with Crippen molar-refractivity contribution in [3.8, 4) is 0 Å². The van der Waals surface area contributed by atoms with Gasteiger partial charge in [0.05, 0.1) is 0 Å². The number of carbonyl (C=O) groups is 4. The van der Waals surface area contributed by atoms with Crippen LogP contribution in [0.3, 0.4) is 0 Å². The summed E-state index contributed by atoms with van der Waals surface area (Å²) in [6, 6.07) is -0.835. The smallest absolute Gasteiger partial charge is 0.412 e. The first-order chi connectivity index (χ1) is 16.5. The second kappa shape index (κ2) is 15.0. The van der Waals surface area contributed by atoms with Crippen molar-refractivity contribution in [2.75, 3.05) is 20.1 Å². The number of rotatable bonds is 13. The number of amides is 2. The summed E-state index contributed by atoms with van der Waals surface area (Å²) in [4.78, 5) is 57.0. The molecule has 2 amide bonds. The zero-order chi connectivity index (χ0) is 26.5. The van der Waals surface area contributed by atoms with Crippen LogP contribution in [0.15, 0.2) is 30.4 Å². The number of ether oxygens (including phenoxy) is 3. The van der Waals surface area contributed by atoms with Gasteiger partial charge >= 0.3 is 18.0 Å². The maximum atomic E-state index is 13.1. The minimum absolute atomic E-state index is 0.218. The first-order valence-corrected chi connectivity index (χ1v) is 12.0. The van der Waals surface area contributed by atoms with Gasteiger partial charge in [-0.2, -0.15) is 0 Å². The number of carbonyl (C=O) groups excluding carboxylic acids is 4. The molecule has 0 aromatic carbocycles. The van der Waals surface area contributed by atoms with Gasteiger partial charge in [-0.05, 0) is 31.3 Å². The van der Waals surface area contributed by atoms with Crippen LogP contribution in [0.25, 0.3) is 0 Å². The van der Waals surface area contributed by atoms with E-state index in [1.165, 1.54) is 22.9 Å². The van der Waals surface area contributed by atoms with E-state index in [1.807, 2.05) is 6.92 Å². The van der Waals surface area contributed by atoms with E-state index in [0.29, 0.717) is 44.5 Å². The Morgan fingerprint density at radius 3 is 2.37 bits per heavy atom. The van der Waals surface area contributed by atoms with Gasteiger partial charge in [-0.3, -0.25) is 14.6 Å². The predicted molar refractivity (Wildman–Crippen MR) is 131 cm³/mol. The summed E-state index contributed by atoms with van der Waals surface area (Å²) < 4.78 is 15.9. The highest BCUT2D eigenvalue weighted by Gasteiger charge is 2.41. The molecular formula is C25H39N3O7. The van der Waals surface area contributed by atoms with E-state index in [0.717, 1.165) is 0 Å². The van der Waals surface area contributed by atoms with Crippen LogP contribution in [0, 0.1) is 5.92 Å². The molecule has 1 aliphatic rings. The zero-order valence-corrected chi connectivity index (χ0v) is 21.5. The Kier molecular flexibility index (Phi) is 12.8. The Balaban J connectivity index is 2.70. The molecular weight excluding hydrogens is 454 g/mol. The number of esters is 2. The molecule has 1 saturated heterocycles. The fourth-order valence-corrected chi connectivity index (χ4v) is 3.52. The van der Waals surface area contributed by atoms with E-state index in [-0.39, 0.29) is 12.3 Å². The van der Waals surface area contributed by atoms with Gasteiger partial charge in [-0.1, -0.05) is 33.9 Å². The molecule has 0 saturated carbocycles. The molecule has 1 heterocycles. The van der Waals surface area contributed by atoms with E-state index >= 15 is 0 Å². The molecule has 1 unspecified atom stereocenters. The summed E-state index contributed by atoms with van der Waals surface area (Å²) in [7, 11) is 1.55.